The van der Waals surface area contributed by atoms with E-state index in [4.69, 9.17) is 9.47 Å². The summed E-state index contributed by atoms with van der Waals surface area (Å²) in [6.07, 6.45) is 5.22. The molecule has 3 heterocycles. The van der Waals surface area contributed by atoms with Crippen molar-refractivity contribution in [3.63, 3.8) is 0 Å². The second-order valence-corrected chi connectivity index (χ2v) is 8.20. The summed E-state index contributed by atoms with van der Waals surface area (Å²) in [6, 6.07) is 6.31. The number of piperidine rings is 1. The number of β-amino-alcohol motifs (C(OH)–C–C–N with tert-alkyl or cyclic N) is 1. The summed E-state index contributed by atoms with van der Waals surface area (Å²) in [5.74, 6) is 2.74. The number of nitriles is 1. The number of likely N-dealkylation sites (tertiary alicyclic amines) is 1. The monoisotopic (exact) mass is 421 g/mol. The Bertz CT molecular complexity index is 1010. The highest BCUT2D eigenvalue weighted by atomic mass is 16.5. The molecule has 1 aromatic carbocycles. The normalized spacial score (nSPS) is 20.2. The fraction of sp³-hybridized carbons (Fsp3) is 0.458. The lowest BCUT2D eigenvalue weighted by Crippen LogP contribution is -2.44. The smallest absolute Gasteiger partial charge is 0.211 e. The third-order valence-electron chi connectivity index (χ3n) is 6.54. The van der Waals surface area contributed by atoms with Crippen LogP contribution in [0.5, 0.6) is 0 Å². The van der Waals surface area contributed by atoms with Crippen LogP contribution < -0.4 is 0 Å². The van der Waals surface area contributed by atoms with E-state index in [1.54, 1.807) is 7.11 Å². The van der Waals surface area contributed by atoms with E-state index in [-0.39, 0.29) is 5.76 Å². The number of aliphatic hydroxyl groups is 1. The molecule has 7 heteroatoms. The minimum Gasteiger partial charge on any atom is -0.496 e. The Morgan fingerprint density at radius 2 is 2.13 bits per heavy atom. The summed E-state index contributed by atoms with van der Waals surface area (Å²) in [4.78, 5) is 15.5. The summed E-state index contributed by atoms with van der Waals surface area (Å²) in [5, 5.41) is 20.2. The highest BCUT2D eigenvalue weighted by Gasteiger charge is 2.28. The van der Waals surface area contributed by atoms with Gasteiger partial charge < -0.3 is 24.4 Å². The molecular weight excluding hydrogens is 394 g/mol. The molecule has 7 nitrogen and oxygen atoms in total. The Morgan fingerprint density at radius 3 is 2.81 bits per heavy atom. The van der Waals surface area contributed by atoms with Gasteiger partial charge >= 0.3 is 0 Å². The van der Waals surface area contributed by atoms with Crippen LogP contribution in [0.4, 0.5) is 0 Å². The highest BCUT2D eigenvalue weighted by Crippen LogP contribution is 2.34. The summed E-state index contributed by atoms with van der Waals surface area (Å²) in [5.41, 5.74) is 4.17. The van der Waals surface area contributed by atoms with Gasteiger partial charge in [-0.25, -0.2) is 4.79 Å². The SMILES string of the molecule is COC1=CCN(C2CCN(CC(O)c3ccc4c(c3C)COC4=C=O)CC2)C=C1C#N. The van der Waals surface area contributed by atoms with Crippen LogP contribution in [0, 0.1) is 18.3 Å². The Kier molecular flexibility index (Phi) is 6.15. The number of methoxy groups -OCH3 is 1. The number of rotatable bonds is 5. The van der Waals surface area contributed by atoms with Crippen LogP contribution >= 0.6 is 0 Å². The van der Waals surface area contributed by atoms with E-state index >= 15 is 0 Å². The standard InChI is InChI=1S/C24H27N3O4/c1-16-19(3-4-20-21(16)15-31-24(20)14-28)22(29)13-26-8-5-18(6-9-26)27-10-7-23(30-2)17(11-25)12-27/h3-4,7,12,18,22,29H,5-6,8-10,13,15H2,1-2H3. The maximum atomic E-state index is 11.0. The number of nitrogens with zero attached hydrogens (tertiary/aromatic N) is 3. The molecule has 1 unspecified atom stereocenters. The molecule has 0 radical (unpaired) electrons. The van der Waals surface area contributed by atoms with Crippen molar-refractivity contribution in [1.82, 2.24) is 9.80 Å². The molecule has 0 spiro atoms. The van der Waals surface area contributed by atoms with Gasteiger partial charge in [-0.2, -0.15) is 5.26 Å². The van der Waals surface area contributed by atoms with E-state index in [1.807, 2.05) is 37.3 Å². The van der Waals surface area contributed by atoms with Gasteiger partial charge in [-0.15, -0.1) is 0 Å². The molecule has 3 aliphatic heterocycles. The van der Waals surface area contributed by atoms with Crippen molar-refractivity contribution in [3.8, 4) is 6.07 Å². The lowest BCUT2D eigenvalue weighted by atomic mass is 9.94. The molecule has 0 aromatic heterocycles. The lowest BCUT2D eigenvalue weighted by molar-refractivity contribution is 0.0797. The largest absolute Gasteiger partial charge is 0.496 e. The van der Waals surface area contributed by atoms with Gasteiger partial charge in [0.15, 0.2) is 5.94 Å². The molecule has 0 amide bonds. The van der Waals surface area contributed by atoms with Crippen LogP contribution in [0.3, 0.4) is 0 Å². The van der Waals surface area contributed by atoms with Crippen molar-refractivity contribution in [2.45, 2.75) is 38.5 Å². The highest BCUT2D eigenvalue weighted by molar-refractivity contribution is 5.86. The van der Waals surface area contributed by atoms with Crippen molar-refractivity contribution in [2.24, 2.45) is 0 Å². The molecule has 1 atom stereocenters. The molecule has 1 aromatic rings. The molecule has 1 saturated heterocycles. The van der Waals surface area contributed by atoms with Crippen LogP contribution in [-0.2, 0) is 20.9 Å². The molecule has 1 N–H and O–H groups in total. The number of carbonyl (C=O) groups excluding carboxylic acids is 1. The van der Waals surface area contributed by atoms with Gasteiger partial charge in [0, 0.05) is 49.5 Å². The maximum Gasteiger partial charge on any atom is 0.211 e. The lowest BCUT2D eigenvalue weighted by Gasteiger charge is -2.39. The first kappa shape index (κ1) is 21.2. The minimum atomic E-state index is -0.599. The van der Waals surface area contributed by atoms with Crippen LogP contribution in [0.25, 0.3) is 5.76 Å². The summed E-state index contributed by atoms with van der Waals surface area (Å²) >= 11 is 0. The van der Waals surface area contributed by atoms with Gasteiger partial charge in [0.25, 0.3) is 0 Å². The zero-order valence-electron chi connectivity index (χ0n) is 17.9. The first-order valence-corrected chi connectivity index (χ1v) is 10.6. The van der Waals surface area contributed by atoms with E-state index in [1.165, 1.54) is 0 Å². The Hall–Kier alpha value is -3.04. The summed E-state index contributed by atoms with van der Waals surface area (Å²) in [6.45, 7) is 5.41. The zero-order chi connectivity index (χ0) is 22.0. The first-order valence-electron chi connectivity index (χ1n) is 10.6. The summed E-state index contributed by atoms with van der Waals surface area (Å²) < 4.78 is 10.7. The Labute approximate surface area is 182 Å². The number of benzene rings is 1. The van der Waals surface area contributed by atoms with Crippen LogP contribution in [0.15, 0.2) is 35.7 Å². The number of aliphatic hydroxyl groups excluding tert-OH is 1. The second-order valence-electron chi connectivity index (χ2n) is 8.20. The minimum absolute atomic E-state index is 0.250. The Balaban J connectivity index is 1.36. The van der Waals surface area contributed by atoms with Crippen molar-refractivity contribution < 1.29 is 19.4 Å². The number of fused-ring (bicyclic) bond motifs is 1. The van der Waals surface area contributed by atoms with E-state index in [0.717, 1.165) is 54.7 Å². The predicted octanol–water partition coefficient (Wildman–Crippen LogP) is 2.45. The molecule has 0 bridgehead atoms. The Morgan fingerprint density at radius 1 is 1.35 bits per heavy atom. The first-order chi connectivity index (χ1) is 15.0. The van der Waals surface area contributed by atoms with Crippen LogP contribution in [-0.4, -0.2) is 60.2 Å². The molecule has 0 aliphatic carbocycles. The molecule has 1 fully saturated rings. The molecule has 31 heavy (non-hydrogen) atoms. The third kappa shape index (κ3) is 4.11. The van der Waals surface area contributed by atoms with Crippen molar-refractivity contribution >= 4 is 11.7 Å². The van der Waals surface area contributed by atoms with E-state index in [0.29, 0.717) is 30.5 Å². The fourth-order valence-electron chi connectivity index (χ4n) is 4.73. The number of hydrogen-bond acceptors (Lipinski definition) is 7. The maximum absolute atomic E-state index is 11.0. The summed E-state index contributed by atoms with van der Waals surface area (Å²) in [7, 11) is 1.59. The average Bonchev–Trinajstić information content (AvgIpc) is 3.23. The molecule has 0 saturated carbocycles. The van der Waals surface area contributed by atoms with Crippen molar-refractivity contribution in [1.29, 1.82) is 5.26 Å². The van der Waals surface area contributed by atoms with Gasteiger partial charge in [0.2, 0.25) is 5.76 Å². The van der Waals surface area contributed by atoms with Gasteiger partial charge in [0.1, 0.15) is 24.0 Å². The second kappa shape index (κ2) is 8.99. The number of hydrogen-bond donors (Lipinski definition) is 1. The molecule has 4 rings (SSSR count). The van der Waals surface area contributed by atoms with E-state index < -0.39 is 6.10 Å². The van der Waals surface area contributed by atoms with Gasteiger partial charge in [0.05, 0.1) is 13.2 Å². The average molecular weight is 421 g/mol. The van der Waals surface area contributed by atoms with E-state index in [2.05, 4.69) is 15.9 Å². The molecular formula is C24H27N3O4. The predicted molar refractivity (Wildman–Crippen MR) is 115 cm³/mol. The van der Waals surface area contributed by atoms with Gasteiger partial charge in [-0.3, -0.25) is 0 Å². The fourth-order valence-corrected chi connectivity index (χ4v) is 4.73. The third-order valence-corrected chi connectivity index (χ3v) is 6.54. The number of ether oxygens (including phenoxy) is 2. The van der Waals surface area contributed by atoms with Crippen molar-refractivity contribution in [2.75, 3.05) is 33.3 Å². The van der Waals surface area contributed by atoms with E-state index in [9.17, 15) is 15.2 Å². The van der Waals surface area contributed by atoms with Gasteiger partial charge in [-0.1, -0.05) is 6.07 Å². The molecule has 162 valence electrons. The van der Waals surface area contributed by atoms with Crippen LogP contribution in [0.2, 0.25) is 0 Å². The zero-order valence-corrected chi connectivity index (χ0v) is 17.9. The van der Waals surface area contributed by atoms with Crippen molar-refractivity contribution in [3.05, 3.63) is 58.0 Å². The topological polar surface area (TPSA) is 86.0 Å². The quantitative estimate of drug-likeness (QED) is 0.731. The van der Waals surface area contributed by atoms with Crippen LogP contribution in [0.1, 0.15) is 41.2 Å². The number of allylic oxidation sites excluding steroid dienone is 1. The molecule has 3 aliphatic rings. The van der Waals surface area contributed by atoms with Gasteiger partial charge in [-0.05, 0) is 43.0 Å².